The molecule has 1 aliphatic rings. The number of unbranched alkanes of at least 4 members (excludes halogenated alkanes) is 5. The molecule has 0 aromatic rings. The number of carboxylic acids is 1. The van der Waals surface area contributed by atoms with Crippen LogP contribution < -0.4 is 0 Å². The lowest BCUT2D eigenvalue weighted by atomic mass is 9.78. The van der Waals surface area contributed by atoms with Gasteiger partial charge >= 0.3 is 5.97 Å². The molecular formula is C28H48O3. The Balaban J connectivity index is 0.000000683. The molecular weight excluding hydrogens is 384 g/mol. The summed E-state index contributed by atoms with van der Waals surface area (Å²) in [6.07, 6.45) is 28.4. The SMILES string of the molecule is CC/C=C\C/C=C\C/C=C\CCCCCCCC(=O)O.CC1=CCC(O)(C(C)C)CC1. The average molecular weight is 433 g/mol. The summed E-state index contributed by atoms with van der Waals surface area (Å²) in [6, 6.07) is 0. The summed E-state index contributed by atoms with van der Waals surface area (Å²) < 4.78 is 0. The van der Waals surface area contributed by atoms with E-state index in [0.717, 1.165) is 64.2 Å². The Bertz CT molecular complexity index is 569. The van der Waals surface area contributed by atoms with Crippen molar-refractivity contribution in [1.82, 2.24) is 0 Å². The molecule has 1 rings (SSSR count). The molecule has 0 spiro atoms. The Kier molecular flexibility index (Phi) is 18.1. The molecule has 0 fully saturated rings. The van der Waals surface area contributed by atoms with E-state index in [2.05, 4.69) is 70.2 Å². The quantitative estimate of drug-likeness (QED) is 0.215. The van der Waals surface area contributed by atoms with Crippen LogP contribution in [0.2, 0.25) is 0 Å². The maximum atomic E-state index is 10.3. The minimum atomic E-state index is -0.675. The Morgan fingerprint density at radius 3 is 2.13 bits per heavy atom. The molecule has 0 aromatic carbocycles. The first-order chi connectivity index (χ1) is 14.8. The van der Waals surface area contributed by atoms with Crippen molar-refractivity contribution in [2.75, 3.05) is 0 Å². The summed E-state index contributed by atoms with van der Waals surface area (Å²) in [4.78, 5) is 10.3. The van der Waals surface area contributed by atoms with E-state index in [1.807, 2.05) is 0 Å². The number of aliphatic hydroxyl groups is 1. The van der Waals surface area contributed by atoms with Crippen molar-refractivity contribution in [1.29, 1.82) is 0 Å². The van der Waals surface area contributed by atoms with Crippen molar-refractivity contribution in [3.63, 3.8) is 0 Å². The molecule has 0 bridgehead atoms. The van der Waals surface area contributed by atoms with Gasteiger partial charge in [-0.05, 0) is 70.6 Å². The lowest BCUT2D eigenvalue weighted by Gasteiger charge is -2.34. The Morgan fingerprint density at radius 1 is 1.00 bits per heavy atom. The van der Waals surface area contributed by atoms with Crippen LogP contribution in [0.3, 0.4) is 0 Å². The van der Waals surface area contributed by atoms with Gasteiger partial charge in [0, 0.05) is 6.42 Å². The number of hydrogen-bond donors (Lipinski definition) is 2. The van der Waals surface area contributed by atoms with Crippen LogP contribution in [-0.2, 0) is 4.79 Å². The third-order valence-corrected chi connectivity index (χ3v) is 5.87. The van der Waals surface area contributed by atoms with Crippen LogP contribution in [0.4, 0.5) is 0 Å². The maximum Gasteiger partial charge on any atom is 0.303 e. The zero-order chi connectivity index (χ0) is 23.4. The second-order valence-electron chi connectivity index (χ2n) is 9.01. The van der Waals surface area contributed by atoms with E-state index < -0.39 is 11.6 Å². The normalized spacial score (nSPS) is 19.2. The molecule has 0 amide bonds. The van der Waals surface area contributed by atoms with Gasteiger partial charge < -0.3 is 10.2 Å². The first-order valence-corrected chi connectivity index (χ1v) is 12.4. The van der Waals surface area contributed by atoms with E-state index in [1.165, 1.54) is 18.4 Å². The van der Waals surface area contributed by atoms with Gasteiger partial charge in [0.2, 0.25) is 0 Å². The lowest BCUT2D eigenvalue weighted by molar-refractivity contribution is -0.137. The third kappa shape index (κ3) is 17.7. The van der Waals surface area contributed by atoms with Crippen molar-refractivity contribution in [3.05, 3.63) is 48.1 Å². The smallest absolute Gasteiger partial charge is 0.303 e. The van der Waals surface area contributed by atoms with Crippen molar-refractivity contribution in [2.45, 2.75) is 117 Å². The second kappa shape index (κ2) is 19.1. The minimum absolute atomic E-state index is 0.319. The number of allylic oxidation sites excluding steroid dienone is 7. The highest BCUT2D eigenvalue weighted by molar-refractivity contribution is 5.66. The van der Waals surface area contributed by atoms with Gasteiger partial charge in [0.05, 0.1) is 5.60 Å². The zero-order valence-electron chi connectivity index (χ0n) is 20.6. The topological polar surface area (TPSA) is 57.5 Å². The average Bonchev–Trinajstić information content (AvgIpc) is 2.73. The van der Waals surface area contributed by atoms with Gasteiger partial charge in [0.15, 0.2) is 0 Å². The Hall–Kier alpha value is -1.61. The van der Waals surface area contributed by atoms with Crippen molar-refractivity contribution < 1.29 is 15.0 Å². The van der Waals surface area contributed by atoms with Crippen molar-refractivity contribution in [3.8, 4) is 0 Å². The van der Waals surface area contributed by atoms with Crippen LogP contribution >= 0.6 is 0 Å². The minimum Gasteiger partial charge on any atom is -0.481 e. The molecule has 1 atom stereocenters. The zero-order valence-corrected chi connectivity index (χ0v) is 20.6. The summed E-state index contributed by atoms with van der Waals surface area (Å²) in [5, 5.41) is 18.5. The van der Waals surface area contributed by atoms with Gasteiger partial charge in [0.1, 0.15) is 0 Å². The van der Waals surface area contributed by atoms with Crippen LogP contribution in [0.25, 0.3) is 0 Å². The number of rotatable bonds is 14. The number of aliphatic carboxylic acids is 1. The highest BCUT2D eigenvalue weighted by atomic mass is 16.4. The molecule has 0 aromatic heterocycles. The monoisotopic (exact) mass is 432 g/mol. The fraction of sp³-hybridized carbons (Fsp3) is 0.679. The molecule has 1 unspecified atom stereocenters. The highest BCUT2D eigenvalue weighted by Gasteiger charge is 2.31. The van der Waals surface area contributed by atoms with E-state index in [9.17, 15) is 9.90 Å². The van der Waals surface area contributed by atoms with E-state index in [4.69, 9.17) is 5.11 Å². The summed E-state index contributed by atoms with van der Waals surface area (Å²) >= 11 is 0. The van der Waals surface area contributed by atoms with Crippen LogP contribution in [0.15, 0.2) is 48.1 Å². The van der Waals surface area contributed by atoms with Crippen molar-refractivity contribution >= 4 is 5.97 Å². The van der Waals surface area contributed by atoms with Crippen LogP contribution in [-0.4, -0.2) is 21.8 Å². The predicted molar refractivity (Wildman–Crippen MR) is 134 cm³/mol. The Labute approximate surface area is 192 Å². The van der Waals surface area contributed by atoms with E-state index in [0.29, 0.717) is 12.3 Å². The first-order valence-electron chi connectivity index (χ1n) is 12.4. The highest BCUT2D eigenvalue weighted by Crippen LogP contribution is 2.32. The largest absolute Gasteiger partial charge is 0.481 e. The molecule has 0 heterocycles. The molecule has 0 saturated heterocycles. The van der Waals surface area contributed by atoms with Gasteiger partial charge in [-0.3, -0.25) is 4.79 Å². The fourth-order valence-corrected chi connectivity index (χ4v) is 3.39. The van der Waals surface area contributed by atoms with Gasteiger partial charge in [-0.2, -0.15) is 0 Å². The molecule has 0 saturated carbocycles. The van der Waals surface area contributed by atoms with Crippen LogP contribution in [0, 0.1) is 5.92 Å². The van der Waals surface area contributed by atoms with Crippen LogP contribution in [0.5, 0.6) is 0 Å². The second-order valence-corrected chi connectivity index (χ2v) is 9.01. The van der Waals surface area contributed by atoms with Gasteiger partial charge in [-0.25, -0.2) is 0 Å². The Morgan fingerprint density at radius 2 is 1.58 bits per heavy atom. The molecule has 31 heavy (non-hydrogen) atoms. The molecule has 0 aliphatic heterocycles. The summed E-state index contributed by atoms with van der Waals surface area (Å²) in [5.74, 6) is -0.293. The molecule has 178 valence electrons. The molecule has 1 aliphatic carbocycles. The van der Waals surface area contributed by atoms with Gasteiger partial charge in [-0.15, -0.1) is 0 Å². The standard InChI is InChI=1S/C18H30O2.C10H18O/c1-2-3-4-5-6-7-8-9-10-11-12-13-14-15-16-17-18(19)20;1-8(2)10(11)6-4-9(3)5-7-10/h3-4,6-7,9-10H,2,5,8,11-17H2,1H3,(H,19,20);4,8,11H,5-7H2,1-3H3/b4-3-,7-6-,10-9-;. The van der Waals surface area contributed by atoms with E-state index >= 15 is 0 Å². The first kappa shape index (κ1) is 29.4. The number of carboxylic acid groups (broad SMARTS) is 1. The van der Waals surface area contributed by atoms with Crippen molar-refractivity contribution in [2.24, 2.45) is 5.92 Å². The third-order valence-electron chi connectivity index (χ3n) is 5.87. The van der Waals surface area contributed by atoms with Gasteiger partial charge in [0.25, 0.3) is 0 Å². The fourth-order valence-electron chi connectivity index (χ4n) is 3.39. The number of hydrogen-bond acceptors (Lipinski definition) is 2. The molecule has 2 N–H and O–H groups in total. The van der Waals surface area contributed by atoms with Crippen LogP contribution in [0.1, 0.15) is 111 Å². The van der Waals surface area contributed by atoms with E-state index in [1.54, 1.807) is 0 Å². The lowest BCUT2D eigenvalue weighted by Crippen LogP contribution is -2.36. The summed E-state index contributed by atoms with van der Waals surface area (Å²) in [7, 11) is 0. The van der Waals surface area contributed by atoms with Gasteiger partial charge in [-0.1, -0.05) is 88.1 Å². The van der Waals surface area contributed by atoms with E-state index in [-0.39, 0.29) is 0 Å². The predicted octanol–water partition coefficient (Wildman–Crippen LogP) is 8.16. The summed E-state index contributed by atoms with van der Waals surface area (Å²) in [6.45, 7) is 8.47. The number of carbonyl (C=O) groups is 1. The summed E-state index contributed by atoms with van der Waals surface area (Å²) in [5.41, 5.74) is 1.01. The molecule has 3 nitrogen and oxygen atoms in total. The molecule has 3 heteroatoms. The maximum absolute atomic E-state index is 10.3. The molecule has 0 radical (unpaired) electrons.